The summed E-state index contributed by atoms with van der Waals surface area (Å²) in [7, 11) is 0. The van der Waals surface area contributed by atoms with Crippen LogP contribution in [0.15, 0.2) is 114 Å². The van der Waals surface area contributed by atoms with E-state index in [0.717, 1.165) is 44.1 Å². The maximum absolute atomic E-state index is 8.62. The minimum Gasteiger partial charge on any atom is -0.501 e. The van der Waals surface area contributed by atoms with Gasteiger partial charge in [0.15, 0.2) is 0 Å². The zero-order chi connectivity index (χ0) is 35.2. The minimum absolute atomic E-state index is 0. The molecule has 0 aliphatic carbocycles. The fourth-order valence-electron chi connectivity index (χ4n) is 5.31. The molecule has 0 spiro atoms. The molecule has 3 nitrogen and oxygen atoms in total. The summed E-state index contributed by atoms with van der Waals surface area (Å²) in [4.78, 5) is 8.88. The number of fused-ring (bicyclic) bond motifs is 4. The zero-order valence-electron chi connectivity index (χ0n) is 31.0. The third-order valence-electron chi connectivity index (χ3n) is 7.10. The van der Waals surface area contributed by atoms with Crippen molar-refractivity contribution >= 4 is 32.7 Å². The summed E-state index contributed by atoms with van der Waals surface area (Å²) in [6.45, 7) is 11.4. The smallest absolute Gasteiger partial charge is 0.121 e. The van der Waals surface area contributed by atoms with Crippen molar-refractivity contribution in [2.45, 2.75) is 54.3 Å². The predicted molar refractivity (Wildman–Crippen MR) is 188 cm³/mol. The van der Waals surface area contributed by atoms with Crippen LogP contribution in [0.3, 0.4) is 0 Å². The van der Waals surface area contributed by atoms with Crippen LogP contribution in [0.5, 0.6) is 0 Å². The van der Waals surface area contributed by atoms with E-state index in [4.69, 9.17) is 9.90 Å². The number of furan rings is 1. The molecule has 0 aliphatic heterocycles. The van der Waals surface area contributed by atoms with Crippen molar-refractivity contribution in [2.24, 2.45) is 10.8 Å². The SMILES string of the molecule is [2H]C([2H])(c1ccc(-c2[c-]cccc2)nc1)C(C)(C)C.[2H]C([2H])(c1ccnc(-c2[c-]ccc3c2oc2cc4ccccc4cc23)c1)C(C)(C)C.[Ir]. The van der Waals surface area contributed by atoms with Gasteiger partial charge in [-0.05, 0) is 69.5 Å². The molecule has 7 aromatic rings. The quantitative estimate of drug-likeness (QED) is 0.167. The van der Waals surface area contributed by atoms with Gasteiger partial charge in [0.25, 0.3) is 0 Å². The van der Waals surface area contributed by atoms with Gasteiger partial charge in [0, 0.05) is 43.4 Å². The normalized spacial score (nSPS) is 13.6. The van der Waals surface area contributed by atoms with E-state index in [9.17, 15) is 0 Å². The van der Waals surface area contributed by atoms with E-state index in [1.807, 2.05) is 108 Å². The summed E-state index contributed by atoms with van der Waals surface area (Å²) in [5.74, 6) is 0. The number of nitrogens with zero attached hydrogens (tertiary/aromatic N) is 2. The molecule has 0 N–H and O–H groups in total. The summed E-state index contributed by atoms with van der Waals surface area (Å²) in [6, 6.07) is 37.6. The first-order chi connectivity index (χ1) is 23.1. The molecular formula is C42H40IrN2O-2. The standard InChI is InChI=1S/C26H22NO.C16H18N.Ir/c1-26(2,3)16-17-11-12-27-23(13-17)21-10-6-9-20-22-14-18-7-4-5-8-19(18)15-24(22)28-25(20)21;1-16(2,3)11-13-9-10-15(17-12-13)14-7-5-4-6-8-14;/h4-9,11-15H,16H2,1-3H3;4-7,9-10,12H,11H2,1-3H3;/q2*-1;/i16D2;11D2;. The van der Waals surface area contributed by atoms with Crippen LogP contribution in [-0.4, -0.2) is 9.97 Å². The number of pyridine rings is 2. The molecule has 0 fully saturated rings. The van der Waals surface area contributed by atoms with E-state index in [1.54, 1.807) is 18.5 Å². The molecule has 0 saturated heterocycles. The van der Waals surface area contributed by atoms with E-state index in [2.05, 4.69) is 46.4 Å². The fourth-order valence-corrected chi connectivity index (χ4v) is 5.31. The molecule has 0 unspecified atom stereocenters. The Kier molecular flexibility index (Phi) is 8.39. The first kappa shape index (κ1) is 28.1. The van der Waals surface area contributed by atoms with Gasteiger partial charge in [0.2, 0.25) is 0 Å². The second kappa shape index (κ2) is 13.7. The maximum atomic E-state index is 8.62. The Morgan fingerprint density at radius 2 is 1.39 bits per heavy atom. The van der Waals surface area contributed by atoms with Gasteiger partial charge in [-0.2, -0.15) is 0 Å². The van der Waals surface area contributed by atoms with Crippen LogP contribution >= 0.6 is 0 Å². The van der Waals surface area contributed by atoms with E-state index >= 15 is 0 Å². The van der Waals surface area contributed by atoms with Crippen molar-refractivity contribution in [1.82, 2.24) is 9.97 Å². The monoisotopic (exact) mass is 785 g/mol. The third kappa shape index (κ3) is 7.99. The van der Waals surface area contributed by atoms with Crippen molar-refractivity contribution in [2.75, 3.05) is 0 Å². The van der Waals surface area contributed by atoms with Gasteiger partial charge in [0.05, 0.1) is 5.58 Å². The summed E-state index contributed by atoms with van der Waals surface area (Å²) in [5, 5.41) is 4.37. The molecule has 235 valence electrons. The predicted octanol–water partition coefficient (Wildman–Crippen LogP) is 11.3. The molecule has 0 amide bonds. The summed E-state index contributed by atoms with van der Waals surface area (Å²) in [6.07, 6.45) is 0.391. The van der Waals surface area contributed by atoms with E-state index < -0.39 is 23.6 Å². The van der Waals surface area contributed by atoms with E-state index in [1.165, 1.54) is 5.39 Å². The topological polar surface area (TPSA) is 38.9 Å². The molecule has 4 heteroatoms. The van der Waals surface area contributed by atoms with Gasteiger partial charge < -0.3 is 14.4 Å². The second-order valence-corrected chi connectivity index (χ2v) is 13.3. The van der Waals surface area contributed by atoms with Gasteiger partial charge in [0.1, 0.15) is 5.58 Å². The van der Waals surface area contributed by atoms with Crippen molar-refractivity contribution in [3.05, 3.63) is 133 Å². The van der Waals surface area contributed by atoms with Crippen LogP contribution in [0.1, 0.15) is 58.2 Å². The van der Waals surface area contributed by atoms with Gasteiger partial charge in [-0.1, -0.05) is 101 Å². The Bertz CT molecular complexity index is 2250. The molecule has 7 rings (SSSR count). The van der Waals surface area contributed by atoms with Gasteiger partial charge in [-0.3, -0.25) is 0 Å². The molecule has 0 atom stereocenters. The third-order valence-corrected chi connectivity index (χ3v) is 7.10. The first-order valence-corrected chi connectivity index (χ1v) is 15.2. The molecule has 4 aromatic carbocycles. The number of hydrogen-bond donors (Lipinski definition) is 0. The van der Waals surface area contributed by atoms with Crippen LogP contribution in [0, 0.1) is 23.0 Å². The Hall–Kier alpha value is -4.11. The largest absolute Gasteiger partial charge is 0.501 e. The average molecular weight is 785 g/mol. The number of hydrogen-bond acceptors (Lipinski definition) is 3. The van der Waals surface area contributed by atoms with Crippen LogP contribution in [0.4, 0.5) is 0 Å². The first-order valence-electron chi connectivity index (χ1n) is 17.2. The van der Waals surface area contributed by atoms with Crippen LogP contribution in [-0.2, 0) is 32.9 Å². The number of benzene rings is 4. The van der Waals surface area contributed by atoms with Crippen molar-refractivity contribution in [3.8, 4) is 22.5 Å². The molecule has 0 saturated carbocycles. The molecule has 0 bridgehead atoms. The average Bonchev–Trinajstić information content (AvgIpc) is 3.44. The van der Waals surface area contributed by atoms with E-state index in [-0.39, 0.29) is 20.1 Å². The minimum atomic E-state index is -1.50. The molecule has 3 heterocycles. The zero-order valence-corrected chi connectivity index (χ0v) is 29.4. The Balaban J connectivity index is 0.000000211. The van der Waals surface area contributed by atoms with Crippen molar-refractivity contribution < 1.29 is 30.0 Å². The summed E-state index contributed by atoms with van der Waals surface area (Å²) >= 11 is 0. The second-order valence-electron chi connectivity index (χ2n) is 13.3. The Labute approximate surface area is 292 Å². The molecule has 0 aliphatic rings. The van der Waals surface area contributed by atoms with Gasteiger partial charge in [-0.25, -0.2) is 0 Å². The molecule has 1 radical (unpaired) electrons. The van der Waals surface area contributed by atoms with Gasteiger partial charge >= 0.3 is 0 Å². The summed E-state index contributed by atoms with van der Waals surface area (Å²) in [5.41, 5.74) is 4.91. The fraction of sp³-hybridized carbons (Fsp3) is 0.238. The number of aromatic nitrogens is 2. The number of rotatable bonds is 4. The van der Waals surface area contributed by atoms with Gasteiger partial charge in [-0.15, -0.1) is 54.1 Å². The Morgan fingerprint density at radius 1 is 0.674 bits per heavy atom. The van der Waals surface area contributed by atoms with Crippen LogP contribution < -0.4 is 0 Å². The van der Waals surface area contributed by atoms with Crippen molar-refractivity contribution in [1.29, 1.82) is 0 Å². The molecular weight excluding hydrogens is 741 g/mol. The van der Waals surface area contributed by atoms with Crippen LogP contribution in [0.25, 0.3) is 55.2 Å². The maximum Gasteiger partial charge on any atom is 0.121 e. The molecule has 3 aromatic heterocycles. The van der Waals surface area contributed by atoms with E-state index in [0.29, 0.717) is 16.8 Å². The summed E-state index contributed by atoms with van der Waals surface area (Å²) < 4.78 is 39.9. The van der Waals surface area contributed by atoms with Crippen LogP contribution in [0.2, 0.25) is 0 Å². The molecule has 46 heavy (non-hydrogen) atoms. The Morgan fingerprint density at radius 3 is 2.07 bits per heavy atom. The van der Waals surface area contributed by atoms with Crippen molar-refractivity contribution in [3.63, 3.8) is 0 Å².